The second-order valence-electron chi connectivity index (χ2n) is 7.19. The van der Waals surface area contributed by atoms with Gasteiger partial charge in [-0.25, -0.2) is 0 Å². The monoisotopic (exact) mass is 403 g/mol. The van der Waals surface area contributed by atoms with E-state index in [1.165, 1.54) is 0 Å². The fourth-order valence-electron chi connectivity index (χ4n) is 3.50. The number of aryl methyl sites for hydroxylation is 3. The van der Waals surface area contributed by atoms with Gasteiger partial charge in [-0.3, -0.25) is 4.79 Å². The molecule has 4 nitrogen and oxygen atoms in total. The van der Waals surface area contributed by atoms with Crippen LogP contribution in [0.25, 0.3) is 0 Å². The SMILES string of the molecule is CCc1cccc(CC)c1NC(=O)c1ccc(OC)c(COc2ccccc2C)c1. The first-order chi connectivity index (χ1) is 14.6. The number of carbonyl (C=O) groups excluding carboxylic acids is 1. The number of anilines is 1. The van der Waals surface area contributed by atoms with E-state index in [9.17, 15) is 4.79 Å². The summed E-state index contributed by atoms with van der Waals surface area (Å²) in [5, 5.41) is 3.12. The molecule has 0 spiro atoms. The van der Waals surface area contributed by atoms with Crippen molar-refractivity contribution in [1.29, 1.82) is 0 Å². The number of benzene rings is 3. The molecule has 3 aromatic carbocycles. The minimum absolute atomic E-state index is 0.134. The van der Waals surface area contributed by atoms with Gasteiger partial charge in [0, 0.05) is 16.8 Å². The molecule has 0 unspecified atom stereocenters. The highest BCUT2D eigenvalue weighted by Crippen LogP contribution is 2.26. The lowest BCUT2D eigenvalue weighted by Crippen LogP contribution is -2.15. The van der Waals surface area contributed by atoms with E-state index in [0.717, 1.165) is 46.5 Å². The summed E-state index contributed by atoms with van der Waals surface area (Å²) in [7, 11) is 1.62. The van der Waals surface area contributed by atoms with E-state index >= 15 is 0 Å². The van der Waals surface area contributed by atoms with E-state index in [-0.39, 0.29) is 5.91 Å². The highest BCUT2D eigenvalue weighted by Gasteiger charge is 2.14. The fraction of sp³-hybridized carbons (Fsp3) is 0.269. The third-order valence-corrected chi connectivity index (χ3v) is 5.26. The Balaban J connectivity index is 1.84. The Labute approximate surface area is 178 Å². The highest BCUT2D eigenvalue weighted by molar-refractivity contribution is 6.05. The van der Waals surface area contributed by atoms with Crippen LogP contribution in [0.2, 0.25) is 0 Å². The topological polar surface area (TPSA) is 47.6 Å². The van der Waals surface area contributed by atoms with Gasteiger partial charge >= 0.3 is 0 Å². The zero-order valence-electron chi connectivity index (χ0n) is 18.1. The van der Waals surface area contributed by atoms with Gasteiger partial charge in [-0.1, -0.05) is 50.2 Å². The molecular formula is C26H29NO3. The van der Waals surface area contributed by atoms with Crippen molar-refractivity contribution >= 4 is 11.6 Å². The molecule has 0 radical (unpaired) electrons. The van der Waals surface area contributed by atoms with Gasteiger partial charge in [0.25, 0.3) is 5.91 Å². The predicted molar refractivity (Wildman–Crippen MR) is 122 cm³/mol. The summed E-state index contributed by atoms with van der Waals surface area (Å²) in [5.41, 5.74) is 5.66. The summed E-state index contributed by atoms with van der Waals surface area (Å²) in [6.45, 7) is 6.52. The summed E-state index contributed by atoms with van der Waals surface area (Å²) in [5.74, 6) is 1.38. The van der Waals surface area contributed by atoms with E-state index in [1.54, 1.807) is 13.2 Å². The highest BCUT2D eigenvalue weighted by atomic mass is 16.5. The molecule has 0 aliphatic carbocycles. The molecule has 0 atom stereocenters. The first-order valence-corrected chi connectivity index (χ1v) is 10.3. The van der Waals surface area contributed by atoms with Gasteiger partial charge in [-0.2, -0.15) is 0 Å². The smallest absolute Gasteiger partial charge is 0.255 e. The van der Waals surface area contributed by atoms with Crippen LogP contribution in [0.3, 0.4) is 0 Å². The molecule has 0 heterocycles. The lowest BCUT2D eigenvalue weighted by Gasteiger charge is -2.16. The maximum atomic E-state index is 13.0. The van der Waals surface area contributed by atoms with Crippen molar-refractivity contribution in [3.05, 3.63) is 88.5 Å². The van der Waals surface area contributed by atoms with Gasteiger partial charge < -0.3 is 14.8 Å². The second kappa shape index (κ2) is 9.97. The number of para-hydroxylation sites is 2. The van der Waals surface area contributed by atoms with Crippen LogP contribution in [0, 0.1) is 6.92 Å². The van der Waals surface area contributed by atoms with Crippen LogP contribution in [0.15, 0.2) is 60.7 Å². The number of nitrogens with one attached hydrogen (secondary N) is 1. The number of carbonyl (C=O) groups is 1. The minimum Gasteiger partial charge on any atom is -0.496 e. The second-order valence-corrected chi connectivity index (χ2v) is 7.19. The van der Waals surface area contributed by atoms with Crippen molar-refractivity contribution < 1.29 is 14.3 Å². The molecule has 1 N–H and O–H groups in total. The molecule has 0 saturated carbocycles. The molecule has 0 aromatic heterocycles. The fourth-order valence-corrected chi connectivity index (χ4v) is 3.50. The van der Waals surface area contributed by atoms with Crippen LogP contribution >= 0.6 is 0 Å². The Bertz CT molecular complexity index is 1000. The van der Waals surface area contributed by atoms with Gasteiger partial charge in [0.1, 0.15) is 18.1 Å². The van der Waals surface area contributed by atoms with Crippen LogP contribution in [0.4, 0.5) is 5.69 Å². The van der Waals surface area contributed by atoms with E-state index < -0.39 is 0 Å². The lowest BCUT2D eigenvalue weighted by atomic mass is 10.0. The minimum atomic E-state index is -0.134. The van der Waals surface area contributed by atoms with E-state index in [0.29, 0.717) is 17.9 Å². The first-order valence-electron chi connectivity index (χ1n) is 10.3. The number of amides is 1. The molecule has 156 valence electrons. The van der Waals surface area contributed by atoms with E-state index in [4.69, 9.17) is 9.47 Å². The summed E-state index contributed by atoms with van der Waals surface area (Å²) >= 11 is 0. The van der Waals surface area contributed by atoms with Crippen molar-refractivity contribution in [1.82, 2.24) is 0 Å². The zero-order chi connectivity index (χ0) is 21.5. The van der Waals surface area contributed by atoms with Gasteiger partial charge in [0.15, 0.2) is 0 Å². The van der Waals surface area contributed by atoms with Gasteiger partial charge in [-0.05, 0) is 60.7 Å². The standard InChI is InChI=1S/C26H29NO3/c1-5-19-11-9-12-20(6-2)25(19)27-26(28)21-14-15-24(29-4)22(16-21)17-30-23-13-8-7-10-18(23)3/h7-16H,5-6,17H2,1-4H3,(H,27,28). The van der Waals surface area contributed by atoms with Crippen molar-refractivity contribution in [2.45, 2.75) is 40.2 Å². The van der Waals surface area contributed by atoms with Crippen LogP contribution in [0.5, 0.6) is 11.5 Å². The Morgan fingerprint density at radius 3 is 2.20 bits per heavy atom. The summed E-state index contributed by atoms with van der Waals surface area (Å²) in [6, 6.07) is 19.5. The Morgan fingerprint density at radius 1 is 0.867 bits per heavy atom. The number of hydrogen-bond donors (Lipinski definition) is 1. The predicted octanol–water partition coefficient (Wildman–Crippen LogP) is 5.96. The first kappa shape index (κ1) is 21.4. The largest absolute Gasteiger partial charge is 0.496 e. The average molecular weight is 404 g/mol. The molecule has 1 amide bonds. The number of methoxy groups -OCH3 is 1. The Kier molecular flexibility index (Phi) is 7.12. The zero-order valence-corrected chi connectivity index (χ0v) is 18.1. The molecule has 0 aliphatic rings. The quantitative estimate of drug-likeness (QED) is 0.505. The number of hydrogen-bond acceptors (Lipinski definition) is 3. The normalized spacial score (nSPS) is 10.5. The molecule has 4 heteroatoms. The molecule has 0 bridgehead atoms. The lowest BCUT2D eigenvalue weighted by molar-refractivity contribution is 0.102. The van der Waals surface area contributed by atoms with E-state index in [2.05, 4.69) is 31.3 Å². The third-order valence-electron chi connectivity index (χ3n) is 5.26. The van der Waals surface area contributed by atoms with Gasteiger partial charge in [0.05, 0.1) is 7.11 Å². The number of ether oxygens (including phenoxy) is 2. The van der Waals surface area contributed by atoms with Crippen molar-refractivity contribution in [3.63, 3.8) is 0 Å². The summed E-state index contributed by atoms with van der Waals surface area (Å²) < 4.78 is 11.5. The van der Waals surface area contributed by atoms with Crippen LogP contribution in [-0.2, 0) is 19.4 Å². The summed E-state index contributed by atoms with van der Waals surface area (Å²) in [4.78, 5) is 13.0. The summed E-state index contributed by atoms with van der Waals surface area (Å²) in [6.07, 6.45) is 1.73. The van der Waals surface area contributed by atoms with Gasteiger partial charge in [-0.15, -0.1) is 0 Å². The van der Waals surface area contributed by atoms with Crippen molar-refractivity contribution in [3.8, 4) is 11.5 Å². The van der Waals surface area contributed by atoms with Gasteiger partial charge in [0.2, 0.25) is 0 Å². The average Bonchev–Trinajstić information content (AvgIpc) is 2.78. The molecule has 0 aliphatic heterocycles. The molecule has 3 aromatic rings. The molecule has 0 fully saturated rings. The Hall–Kier alpha value is -3.27. The number of rotatable bonds is 8. The molecule has 0 saturated heterocycles. The van der Waals surface area contributed by atoms with Crippen LogP contribution in [0.1, 0.15) is 46.5 Å². The third kappa shape index (κ3) is 4.82. The van der Waals surface area contributed by atoms with Crippen LogP contribution in [-0.4, -0.2) is 13.0 Å². The maximum absolute atomic E-state index is 13.0. The van der Waals surface area contributed by atoms with Crippen molar-refractivity contribution in [2.24, 2.45) is 0 Å². The van der Waals surface area contributed by atoms with Crippen molar-refractivity contribution in [2.75, 3.05) is 12.4 Å². The van der Waals surface area contributed by atoms with Crippen LogP contribution < -0.4 is 14.8 Å². The molecule has 3 rings (SSSR count). The Morgan fingerprint density at radius 2 is 1.57 bits per heavy atom. The maximum Gasteiger partial charge on any atom is 0.255 e. The molecular weight excluding hydrogens is 374 g/mol. The van der Waals surface area contributed by atoms with E-state index in [1.807, 2.05) is 49.4 Å². The molecule has 30 heavy (non-hydrogen) atoms.